The fraction of sp³-hybridized carbons (Fsp3) is 0.571. The van der Waals surface area contributed by atoms with E-state index in [0.717, 1.165) is 17.7 Å². The molecule has 18 heavy (non-hydrogen) atoms. The van der Waals surface area contributed by atoms with Crippen LogP contribution in [0, 0.1) is 0 Å². The number of ether oxygens (including phenoxy) is 2. The van der Waals surface area contributed by atoms with Gasteiger partial charge in [0.2, 0.25) is 0 Å². The highest BCUT2D eigenvalue weighted by atomic mass is 16.5. The van der Waals surface area contributed by atoms with Crippen LogP contribution in [0.4, 0.5) is 0 Å². The highest BCUT2D eigenvalue weighted by Crippen LogP contribution is 2.25. The van der Waals surface area contributed by atoms with Crippen LogP contribution >= 0.6 is 0 Å². The van der Waals surface area contributed by atoms with Gasteiger partial charge in [-0.05, 0) is 31.0 Å². The normalized spacial score (nSPS) is 14.2. The van der Waals surface area contributed by atoms with E-state index in [-0.39, 0.29) is 0 Å². The first-order valence-electron chi connectivity index (χ1n) is 6.18. The van der Waals surface area contributed by atoms with Crippen LogP contribution in [0.15, 0.2) is 24.3 Å². The van der Waals surface area contributed by atoms with Crippen molar-refractivity contribution in [3.63, 3.8) is 0 Å². The molecular weight excluding hydrogens is 230 g/mol. The standard InChI is InChI=1S/C14H23NO3/c1-17-11-14(16,8-5-9-15)10-12-6-3-4-7-13(12)18-2/h3-4,6-7,16H,5,8-11,15H2,1-2H3. The second-order valence-electron chi connectivity index (χ2n) is 4.54. The summed E-state index contributed by atoms with van der Waals surface area (Å²) < 4.78 is 10.4. The summed E-state index contributed by atoms with van der Waals surface area (Å²) in [5.41, 5.74) is 5.60. The van der Waals surface area contributed by atoms with Gasteiger partial charge in [-0.1, -0.05) is 18.2 Å². The second kappa shape index (κ2) is 7.36. The van der Waals surface area contributed by atoms with Crippen LogP contribution in [0.5, 0.6) is 5.75 Å². The SMILES string of the molecule is COCC(O)(CCCN)Cc1ccccc1OC. The Morgan fingerprint density at radius 2 is 2.00 bits per heavy atom. The number of rotatable bonds is 8. The Morgan fingerprint density at radius 3 is 2.61 bits per heavy atom. The van der Waals surface area contributed by atoms with Gasteiger partial charge in [-0.15, -0.1) is 0 Å². The zero-order chi connectivity index (χ0) is 13.4. The van der Waals surface area contributed by atoms with Crippen LogP contribution in [0.25, 0.3) is 0 Å². The van der Waals surface area contributed by atoms with Crippen molar-refractivity contribution >= 4 is 0 Å². The van der Waals surface area contributed by atoms with E-state index in [4.69, 9.17) is 15.2 Å². The van der Waals surface area contributed by atoms with Crippen LogP contribution < -0.4 is 10.5 Å². The van der Waals surface area contributed by atoms with Gasteiger partial charge in [-0.2, -0.15) is 0 Å². The first-order valence-corrected chi connectivity index (χ1v) is 6.18. The highest BCUT2D eigenvalue weighted by molar-refractivity contribution is 5.34. The molecule has 0 aliphatic rings. The van der Waals surface area contributed by atoms with E-state index in [1.54, 1.807) is 14.2 Å². The molecule has 0 aliphatic carbocycles. The van der Waals surface area contributed by atoms with E-state index in [9.17, 15) is 5.11 Å². The van der Waals surface area contributed by atoms with Crippen molar-refractivity contribution in [3.05, 3.63) is 29.8 Å². The lowest BCUT2D eigenvalue weighted by molar-refractivity contribution is -0.0378. The molecule has 0 aliphatic heterocycles. The number of hydrogen-bond donors (Lipinski definition) is 2. The largest absolute Gasteiger partial charge is 0.496 e. The lowest BCUT2D eigenvalue weighted by atomic mass is 9.90. The summed E-state index contributed by atoms with van der Waals surface area (Å²) in [5.74, 6) is 0.791. The summed E-state index contributed by atoms with van der Waals surface area (Å²) >= 11 is 0. The Balaban J connectivity index is 2.81. The number of hydrogen-bond acceptors (Lipinski definition) is 4. The molecule has 102 valence electrons. The average Bonchev–Trinajstić information content (AvgIpc) is 2.37. The minimum absolute atomic E-state index is 0.297. The monoisotopic (exact) mass is 253 g/mol. The predicted octanol–water partition coefficient (Wildman–Crippen LogP) is 1.35. The van der Waals surface area contributed by atoms with Gasteiger partial charge >= 0.3 is 0 Å². The van der Waals surface area contributed by atoms with Crippen molar-refractivity contribution in [1.29, 1.82) is 0 Å². The Labute approximate surface area is 109 Å². The van der Waals surface area contributed by atoms with Crippen molar-refractivity contribution in [2.75, 3.05) is 27.4 Å². The maximum atomic E-state index is 10.6. The first-order chi connectivity index (χ1) is 8.65. The van der Waals surface area contributed by atoms with E-state index in [1.165, 1.54) is 0 Å². The third kappa shape index (κ3) is 4.29. The molecule has 0 fully saturated rings. The summed E-state index contributed by atoms with van der Waals surface area (Å²) in [6.07, 6.45) is 1.90. The summed E-state index contributed by atoms with van der Waals surface area (Å²) in [6, 6.07) is 7.71. The van der Waals surface area contributed by atoms with Crippen LogP contribution in [-0.2, 0) is 11.2 Å². The van der Waals surface area contributed by atoms with Crippen LogP contribution in [0.3, 0.4) is 0 Å². The fourth-order valence-corrected chi connectivity index (χ4v) is 2.11. The molecule has 0 amide bonds. The van der Waals surface area contributed by atoms with E-state index < -0.39 is 5.60 Å². The first kappa shape index (κ1) is 15.0. The predicted molar refractivity (Wildman–Crippen MR) is 71.8 cm³/mol. The molecule has 0 heterocycles. The van der Waals surface area contributed by atoms with E-state index in [0.29, 0.717) is 26.0 Å². The molecule has 1 atom stereocenters. The van der Waals surface area contributed by atoms with Gasteiger partial charge in [0, 0.05) is 13.5 Å². The third-order valence-electron chi connectivity index (χ3n) is 2.97. The molecule has 1 aromatic carbocycles. The lowest BCUT2D eigenvalue weighted by Gasteiger charge is -2.28. The van der Waals surface area contributed by atoms with Gasteiger partial charge in [-0.3, -0.25) is 0 Å². The summed E-state index contributed by atoms with van der Waals surface area (Å²) in [7, 11) is 3.23. The Kier molecular flexibility index (Phi) is 6.12. The van der Waals surface area contributed by atoms with Gasteiger partial charge in [0.15, 0.2) is 0 Å². The second-order valence-corrected chi connectivity index (χ2v) is 4.54. The molecule has 4 nitrogen and oxygen atoms in total. The van der Waals surface area contributed by atoms with Gasteiger partial charge < -0.3 is 20.3 Å². The number of para-hydroxylation sites is 1. The van der Waals surface area contributed by atoms with Gasteiger partial charge in [0.25, 0.3) is 0 Å². The molecule has 1 rings (SSSR count). The highest BCUT2D eigenvalue weighted by Gasteiger charge is 2.27. The average molecular weight is 253 g/mol. The van der Waals surface area contributed by atoms with Crippen molar-refractivity contribution in [2.24, 2.45) is 5.73 Å². The van der Waals surface area contributed by atoms with Crippen LogP contribution in [0.1, 0.15) is 18.4 Å². The molecule has 0 bridgehead atoms. The maximum absolute atomic E-state index is 10.6. The van der Waals surface area contributed by atoms with Crippen LogP contribution in [0.2, 0.25) is 0 Å². The molecule has 0 aromatic heterocycles. The topological polar surface area (TPSA) is 64.7 Å². The zero-order valence-electron chi connectivity index (χ0n) is 11.2. The van der Waals surface area contributed by atoms with Crippen molar-refractivity contribution in [2.45, 2.75) is 24.9 Å². The Hall–Kier alpha value is -1.10. The van der Waals surface area contributed by atoms with Gasteiger partial charge in [0.05, 0.1) is 19.3 Å². The van der Waals surface area contributed by atoms with Crippen molar-refractivity contribution in [3.8, 4) is 5.75 Å². The number of methoxy groups -OCH3 is 2. The van der Waals surface area contributed by atoms with Crippen LogP contribution in [-0.4, -0.2) is 38.1 Å². The summed E-state index contributed by atoms with van der Waals surface area (Å²) in [4.78, 5) is 0. The van der Waals surface area contributed by atoms with E-state index in [1.807, 2.05) is 24.3 Å². The van der Waals surface area contributed by atoms with E-state index in [2.05, 4.69) is 0 Å². The smallest absolute Gasteiger partial charge is 0.122 e. The molecule has 3 N–H and O–H groups in total. The fourth-order valence-electron chi connectivity index (χ4n) is 2.11. The summed E-state index contributed by atoms with van der Waals surface area (Å²) in [6.45, 7) is 0.864. The third-order valence-corrected chi connectivity index (χ3v) is 2.97. The molecule has 1 aromatic rings. The number of benzene rings is 1. The molecular formula is C14H23NO3. The molecule has 0 saturated carbocycles. The zero-order valence-corrected chi connectivity index (χ0v) is 11.2. The molecule has 0 saturated heterocycles. The van der Waals surface area contributed by atoms with Crippen molar-refractivity contribution in [1.82, 2.24) is 0 Å². The molecule has 1 unspecified atom stereocenters. The maximum Gasteiger partial charge on any atom is 0.122 e. The quantitative estimate of drug-likeness (QED) is 0.734. The minimum Gasteiger partial charge on any atom is -0.496 e. The molecule has 0 radical (unpaired) electrons. The minimum atomic E-state index is -0.886. The Morgan fingerprint density at radius 1 is 1.28 bits per heavy atom. The Bertz CT molecular complexity index is 357. The molecule has 0 spiro atoms. The van der Waals surface area contributed by atoms with Crippen molar-refractivity contribution < 1.29 is 14.6 Å². The lowest BCUT2D eigenvalue weighted by Crippen LogP contribution is -2.37. The summed E-state index contributed by atoms with van der Waals surface area (Å²) in [5, 5.41) is 10.6. The molecule has 4 heteroatoms. The van der Waals surface area contributed by atoms with E-state index >= 15 is 0 Å². The van der Waals surface area contributed by atoms with Gasteiger partial charge in [-0.25, -0.2) is 0 Å². The van der Waals surface area contributed by atoms with Gasteiger partial charge in [0.1, 0.15) is 5.75 Å². The number of nitrogens with two attached hydrogens (primary N) is 1. The number of aliphatic hydroxyl groups is 1.